The molecule has 4 nitrogen and oxygen atoms in total. The quantitative estimate of drug-likeness (QED) is 0.589. The van der Waals surface area contributed by atoms with E-state index in [1.54, 1.807) is 38.5 Å². The maximum absolute atomic E-state index is 13.4. The topological polar surface area (TPSA) is 51.5 Å². The van der Waals surface area contributed by atoms with Gasteiger partial charge in [0.05, 0.1) is 12.2 Å². The zero-order valence-corrected chi connectivity index (χ0v) is 18.6. The molecule has 164 valence electrons. The number of rotatable bonds is 5. The highest BCUT2D eigenvalue weighted by atomic mass is 28.4. The Balaban J connectivity index is 1.99. The summed E-state index contributed by atoms with van der Waals surface area (Å²) in [4.78, 5) is 23.3. The highest BCUT2D eigenvalue weighted by Gasteiger charge is 2.31. The van der Waals surface area contributed by atoms with Gasteiger partial charge >= 0.3 is 6.18 Å². The Morgan fingerprint density at radius 2 is 1.81 bits per heavy atom. The van der Waals surface area contributed by atoms with Crippen molar-refractivity contribution in [3.63, 3.8) is 0 Å². The molecule has 8 heteroatoms. The van der Waals surface area contributed by atoms with Gasteiger partial charge < -0.3 is 14.1 Å². The van der Waals surface area contributed by atoms with Gasteiger partial charge in [-0.05, 0) is 72.8 Å². The van der Waals surface area contributed by atoms with Gasteiger partial charge in [0.1, 0.15) is 5.75 Å². The number of hydrogen-bond acceptors (Lipinski definition) is 3. The smallest absolute Gasteiger partial charge is 0.416 e. The second-order valence-electron chi connectivity index (χ2n) is 8.74. The molecule has 4 rings (SSSR count). The molecule has 1 fully saturated rings. The molecule has 1 aliphatic rings. The van der Waals surface area contributed by atoms with Gasteiger partial charge in [0.25, 0.3) is 5.56 Å². The van der Waals surface area contributed by atoms with Gasteiger partial charge in [-0.2, -0.15) is 13.2 Å². The minimum Gasteiger partial charge on any atom is -0.493 e. The Kier molecular flexibility index (Phi) is 5.25. The van der Waals surface area contributed by atoms with Crippen molar-refractivity contribution in [1.82, 2.24) is 4.57 Å². The summed E-state index contributed by atoms with van der Waals surface area (Å²) in [6.45, 7) is 4.08. The van der Waals surface area contributed by atoms with Crippen molar-refractivity contribution in [1.29, 1.82) is 0 Å². The number of hydrogen-bond donors (Lipinski definition) is 1. The van der Waals surface area contributed by atoms with Crippen LogP contribution in [0.1, 0.15) is 18.4 Å². The number of pyridine rings is 1. The fraction of sp³-hybridized carbons (Fsp3) is 0.348. The predicted octanol–water partition coefficient (Wildman–Crippen LogP) is 4.42. The Bertz CT molecular complexity index is 1210. The van der Waals surface area contributed by atoms with Crippen LogP contribution in [-0.4, -0.2) is 24.3 Å². The number of benzene rings is 2. The van der Waals surface area contributed by atoms with E-state index in [0.717, 1.165) is 30.2 Å². The molecule has 2 aromatic carbocycles. The van der Waals surface area contributed by atoms with Crippen LogP contribution in [0.5, 0.6) is 5.75 Å². The highest BCUT2D eigenvalue weighted by molar-refractivity contribution is 6.83. The first kappa shape index (κ1) is 21.6. The summed E-state index contributed by atoms with van der Waals surface area (Å²) in [6.07, 6.45) is -0.789. The van der Waals surface area contributed by atoms with Gasteiger partial charge in [-0.15, -0.1) is 0 Å². The summed E-state index contributed by atoms with van der Waals surface area (Å²) in [7, 11) is -1.12. The van der Waals surface area contributed by atoms with E-state index in [4.69, 9.17) is 4.74 Å². The van der Waals surface area contributed by atoms with Crippen molar-refractivity contribution in [2.24, 2.45) is 13.0 Å². The average Bonchev–Trinajstić information content (AvgIpc) is 3.52. The average molecular weight is 448 g/mol. The molecule has 3 aromatic rings. The van der Waals surface area contributed by atoms with E-state index < -0.39 is 20.1 Å². The molecule has 31 heavy (non-hydrogen) atoms. The number of nitrogens with zero attached hydrogens (tertiary/aromatic N) is 1. The van der Waals surface area contributed by atoms with Crippen LogP contribution in [0.2, 0.25) is 13.1 Å². The Morgan fingerprint density at radius 3 is 2.42 bits per heavy atom. The van der Waals surface area contributed by atoms with Crippen molar-refractivity contribution in [3.05, 3.63) is 58.5 Å². The Labute approximate surface area is 179 Å². The van der Waals surface area contributed by atoms with E-state index >= 15 is 0 Å². The van der Waals surface area contributed by atoms with E-state index in [2.05, 4.69) is 0 Å². The maximum Gasteiger partial charge on any atom is 0.416 e. The Morgan fingerprint density at radius 1 is 1.10 bits per heavy atom. The zero-order valence-electron chi connectivity index (χ0n) is 17.6. The molecular weight excluding hydrogens is 423 g/mol. The first-order chi connectivity index (χ1) is 14.4. The highest BCUT2D eigenvalue weighted by Crippen LogP contribution is 2.38. The Hall–Kier alpha value is -2.58. The van der Waals surface area contributed by atoms with Crippen LogP contribution < -0.4 is 15.5 Å². The predicted molar refractivity (Wildman–Crippen MR) is 117 cm³/mol. The minimum absolute atomic E-state index is 0.201. The van der Waals surface area contributed by atoms with Crippen LogP contribution in [0.4, 0.5) is 13.2 Å². The fourth-order valence-corrected chi connectivity index (χ4v) is 4.58. The third-order valence-electron chi connectivity index (χ3n) is 5.66. The number of ether oxygens (including phenoxy) is 1. The van der Waals surface area contributed by atoms with Gasteiger partial charge in [0.15, 0.2) is 0 Å². The molecule has 0 radical (unpaired) electrons. The number of halogens is 3. The normalized spacial score (nSPS) is 14.8. The second-order valence-corrected chi connectivity index (χ2v) is 12.4. The first-order valence-corrected chi connectivity index (χ1v) is 13.1. The molecule has 0 bridgehead atoms. The van der Waals surface area contributed by atoms with Crippen molar-refractivity contribution in [2.45, 2.75) is 32.1 Å². The summed E-state index contributed by atoms with van der Waals surface area (Å²) in [5, 5.41) is 1.14. The fourth-order valence-electron chi connectivity index (χ4n) is 3.60. The lowest BCUT2D eigenvalue weighted by molar-refractivity contribution is -0.137. The molecule has 1 heterocycles. The molecule has 0 amide bonds. The van der Waals surface area contributed by atoms with Crippen LogP contribution in [0, 0.1) is 5.92 Å². The van der Waals surface area contributed by atoms with Gasteiger partial charge in [-0.25, -0.2) is 0 Å². The van der Waals surface area contributed by atoms with E-state index in [1.807, 2.05) is 6.07 Å². The number of aryl methyl sites for hydroxylation is 1. The monoisotopic (exact) mass is 447 g/mol. The van der Waals surface area contributed by atoms with Crippen LogP contribution in [0.15, 0.2) is 47.4 Å². The molecule has 0 unspecified atom stereocenters. The molecule has 1 N–H and O–H groups in total. The number of aromatic nitrogens is 1. The summed E-state index contributed by atoms with van der Waals surface area (Å²) in [5.41, 5.74) is -0.147. The summed E-state index contributed by atoms with van der Waals surface area (Å²) < 4.78 is 47.6. The molecule has 0 spiro atoms. The molecule has 1 saturated carbocycles. The third kappa shape index (κ3) is 4.40. The van der Waals surface area contributed by atoms with Crippen LogP contribution in [0.3, 0.4) is 0 Å². The number of fused-ring (bicyclic) bond motifs is 1. The zero-order chi connectivity index (χ0) is 22.6. The minimum atomic E-state index is -4.53. The van der Waals surface area contributed by atoms with Gasteiger partial charge in [0, 0.05) is 29.8 Å². The lowest BCUT2D eigenvalue weighted by atomic mass is 9.98. The molecule has 0 aliphatic heterocycles. The van der Waals surface area contributed by atoms with Crippen LogP contribution >= 0.6 is 0 Å². The van der Waals surface area contributed by atoms with Crippen molar-refractivity contribution in [2.75, 3.05) is 6.61 Å². The second kappa shape index (κ2) is 7.53. The van der Waals surface area contributed by atoms with Crippen molar-refractivity contribution >= 4 is 24.3 Å². The van der Waals surface area contributed by atoms with Gasteiger partial charge in [-0.3, -0.25) is 4.79 Å². The SMILES string of the molecule is Cn1cc(-c2cc([Si](C)(C)O)ccc2OCC2CC2)c2cc(C(F)(F)F)ccc2c1=O. The number of alkyl halides is 3. The molecular formula is C23H24F3NO3Si. The summed E-state index contributed by atoms with van der Waals surface area (Å²) >= 11 is 0. The van der Waals surface area contributed by atoms with Gasteiger partial charge in [0.2, 0.25) is 8.32 Å². The lowest BCUT2D eigenvalue weighted by Gasteiger charge is -2.20. The van der Waals surface area contributed by atoms with Crippen molar-refractivity contribution < 1.29 is 22.7 Å². The molecule has 0 saturated heterocycles. The summed E-state index contributed by atoms with van der Waals surface area (Å²) in [5.74, 6) is 1.02. The molecule has 1 aromatic heterocycles. The maximum atomic E-state index is 13.4. The van der Waals surface area contributed by atoms with Gasteiger partial charge in [-0.1, -0.05) is 6.07 Å². The van der Waals surface area contributed by atoms with Crippen LogP contribution in [0.25, 0.3) is 21.9 Å². The first-order valence-electron chi connectivity index (χ1n) is 10.2. The van der Waals surface area contributed by atoms with E-state index in [-0.39, 0.29) is 16.3 Å². The van der Waals surface area contributed by atoms with E-state index in [0.29, 0.717) is 29.4 Å². The van der Waals surface area contributed by atoms with Crippen LogP contribution in [-0.2, 0) is 13.2 Å². The largest absolute Gasteiger partial charge is 0.493 e. The molecule has 0 atom stereocenters. The van der Waals surface area contributed by atoms with E-state index in [1.165, 1.54) is 10.6 Å². The lowest BCUT2D eigenvalue weighted by Crippen LogP contribution is -2.41. The van der Waals surface area contributed by atoms with E-state index in [9.17, 15) is 22.8 Å². The standard InChI is InChI=1S/C23H24F3NO3Si/c1-27-12-20(18-10-15(23(24,25)26)6-8-17(18)22(27)28)19-11-16(31(2,3)29)7-9-21(19)30-13-14-4-5-14/h6-12,14,29H,4-5,13H2,1-3H3. The third-order valence-corrected chi connectivity index (χ3v) is 7.38. The van der Waals surface area contributed by atoms with Crippen molar-refractivity contribution in [3.8, 4) is 16.9 Å². The molecule has 1 aliphatic carbocycles. The summed E-state index contributed by atoms with van der Waals surface area (Å²) in [6, 6.07) is 8.53.